The van der Waals surface area contributed by atoms with Crippen molar-refractivity contribution >= 4 is 28.4 Å². The van der Waals surface area contributed by atoms with Crippen molar-refractivity contribution in [3.8, 4) is 0 Å². The van der Waals surface area contributed by atoms with Gasteiger partial charge >= 0.3 is 0 Å². The van der Waals surface area contributed by atoms with E-state index < -0.39 is 5.60 Å². The van der Waals surface area contributed by atoms with E-state index in [1.165, 1.54) is 0 Å². The van der Waals surface area contributed by atoms with E-state index in [0.29, 0.717) is 18.4 Å². The topological polar surface area (TPSA) is 54.1 Å². The summed E-state index contributed by atoms with van der Waals surface area (Å²) in [5.74, 6) is 0.986. The lowest BCUT2D eigenvalue weighted by atomic mass is 9.74. The second-order valence-electron chi connectivity index (χ2n) is 7.17. The third-order valence-electron chi connectivity index (χ3n) is 5.10. The van der Waals surface area contributed by atoms with Crippen LogP contribution in [0.3, 0.4) is 0 Å². The van der Waals surface area contributed by atoms with Gasteiger partial charge < -0.3 is 15.0 Å². The molecule has 5 rings (SSSR count). The van der Waals surface area contributed by atoms with Gasteiger partial charge in [-0.15, -0.1) is 0 Å². The van der Waals surface area contributed by atoms with Gasteiger partial charge in [-0.1, -0.05) is 25.4 Å². The lowest BCUT2D eigenvalue weighted by Crippen LogP contribution is -2.50. The monoisotopic (exact) mass is 332 g/mol. The highest BCUT2D eigenvalue weighted by Crippen LogP contribution is 2.48. The quantitative estimate of drug-likeness (QED) is 0.896. The van der Waals surface area contributed by atoms with E-state index in [0.717, 1.165) is 46.6 Å². The Labute approximate surface area is 140 Å². The van der Waals surface area contributed by atoms with E-state index in [2.05, 4.69) is 30.2 Å². The first kappa shape index (κ1) is 15.0. The van der Waals surface area contributed by atoms with Crippen molar-refractivity contribution in [1.82, 2.24) is 10.3 Å². The van der Waals surface area contributed by atoms with Crippen molar-refractivity contribution in [2.24, 2.45) is 5.92 Å². The van der Waals surface area contributed by atoms with Crippen LogP contribution in [0.25, 0.3) is 10.9 Å². The normalized spacial score (nSPS) is 25.8. The first-order chi connectivity index (χ1) is 11.0. The molecule has 0 radical (unpaired) electrons. The number of carbonyl (C=O) groups is 1. The molecule has 0 spiro atoms. The van der Waals surface area contributed by atoms with Gasteiger partial charge in [0, 0.05) is 21.6 Å². The molecule has 2 N–H and O–H groups in total. The highest BCUT2D eigenvalue weighted by molar-refractivity contribution is 6.32. The number of nitrogens with one attached hydrogen (secondary N) is 2. The maximum absolute atomic E-state index is 12.3. The van der Waals surface area contributed by atoms with Crippen LogP contribution in [0, 0.1) is 5.92 Å². The summed E-state index contributed by atoms with van der Waals surface area (Å²) in [5, 5.41) is 4.87. The number of fused-ring (bicyclic) bond motifs is 2. The second kappa shape index (κ2) is 5.25. The van der Waals surface area contributed by atoms with Crippen molar-refractivity contribution in [2.45, 2.75) is 44.8 Å². The smallest absolute Gasteiger partial charge is 0.252 e. The third kappa shape index (κ3) is 2.45. The average molecular weight is 333 g/mol. The van der Waals surface area contributed by atoms with Gasteiger partial charge in [0.2, 0.25) is 0 Å². The Morgan fingerprint density at radius 2 is 2.22 bits per heavy atom. The molecule has 1 amide bonds. The summed E-state index contributed by atoms with van der Waals surface area (Å²) < 4.78 is 5.64. The summed E-state index contributed by atoms with van der Waals surface area (Å²) >= 11 is 6.34. The molecule has 3 heterocycles. The second-order valence-corrected chi connectivity index (χ2v) is 7.58. The number of hydrogen-bond donors (Lipinski definition) is 2. The lowest BCUT2D eigenvalue weighted by Gasteiger charge is -2.33. The minimum absolute atomic E-state index is 0.0193. The molecule has 0 atom stereocenters. The fraction of sp³-hybridized carbons (Fsp3) is 0.500. The Morgan fingerprint density at radius 1 is 1.43 bits per heavy atom. The van der Waals surface area contributed by atoms with Crippen molar-refractivity contribution < 1.29 is 9.53 Å². The summed E-state index contributed by atoms with van der Waals surface area (Å²) in [6, 6.07) is 6.13. The molecule has 122 valence electrons. The van der Waals surface area contributed by atoms with Gasteiger partial charge in [-0.25, -0.2) is 0 Å². The predicted molar refractivity (Wildman–Crippen MR) is 90.7 cm³/mol. The van der Waals surface area contributed by atoms with E-state index in [1.54, 1.807) is 0 Å². The Balaban J connectivity index is 1.50. The first-order valence-corrected chi connectivity index (χ1v) is 8.58. The summed E-state index contributed by atoms with van der Waals surface area (Å²) in [5.41, 5.74) is 2.64. The molecule has 3 aliphatic rings. The van der Waals surface area contributed by atoms with Crippen molar-refractivity contribution in [2.75, 3.05) is 6.61 Å². The van der Waals surface area contributed by atoms with Crippen LogP contribution >= 0.6 is 11.6 Å². The molecular weight excluding hydrogens is 312 g/mol. The number of benzene rings is 1. The number of H-pyrrole nitrogens is 1. The Kier molecular flexibility index (Phi) is 3.43. The van der Waals surface area contributed by atoms with Crippen LogP contribution in [0.1, 0.15) is 43.9 Å². The van der Waals surface area contributed by atoms with Gasteiger partial charge in [0.1, 0.15) is 5.60 Å². The number of rotatable bonds is 4. The Bertz CT molecular complexity index is 769. The molecule has 1 aromatic heterocycles. The fourth-order valence-corrected chi connectivity index (χ4v) is 4.13. The van der Waals surface area contributed by atoms with Gasteiger partial charge in [-0.3, -0.25) is 4.79 Å². The molecule has 0 unspecified atom stereocenters. The number of halogens is 1. The molecular formula is C18H21ClN2O2. The first-order valence-electron chi connectivity index (χ1n) is 8.20. The highest BCUT2D eigenvalue weighted by Gasteiger charge is 2.57. The molecule has 1 aromatic carbocycles. The minimum Gasteiger partial charge on any atom is -0.365 e. The summed E-state index contributed by atoms with van der Waals surface area (Å²) in [4.78, 5) is 15.7. The predicted octanol–water partition coefficient (Wildman–Crippen LogP) is 3.74. The zero-order valence-corrected chi connectivity index (χ0v) is 14.2. The molecule has 2 saturated heterocycles. The zero-order valence-electron chi connectivity index (χ0n) is 13.4. The van der Waals surface area contributed by atoms with E-state index in [9.17, 15) is 4.79 Å². The molecule has 3 fully saturated rings. The molecule has 1 aliphatic carbocycles. The largest absolute Gasteiger partial charge is 0.365 e. The van der Waals surface area contributed by atoms with Crippen LogP contribution in [0.4, 0.5) is 0 Å². The molecule has 1 saturated carbocycles. The van der Waals surface area contributed by atoms with Crippen LogP contribution in [0.5, 0.6) is 0 Å². The van der Waals surface area contributed by atoms with Gasteiger partial charge in [0.15, 0.2) is 0 Å². The van der Waals surface area contributed by atoms with Crippen LogP contribution in [-0.4, -0.2) is 23.1 Å². The van der Waals surface area contributed by atoms with Crippen LogP contribution in [0.2, 0.25) is 5.02 Å². The SMILES string of the molecule is CC(C)c1cc2[nH]c(CNC(=O)C34CC(CO3)C4)cc2cc1Cl. The number of carbonyl (C=O) groups excluding carboxylic acids is 1. The van der Waals surface area contributed by atoms with E-state index in [4.69, 9.17) is 16.3 Å². The van der Waals surface area contributed by atoms with Crippen molar-refractivity contribution in [3.63, 3.8) is 0 Å². The van der Waals surface area contributed by atoms with Crippen molar-refractivity contribution in [3.05, 3.63) is 34.5 Å². The maximum atomic E-state index is 12.3. The highest BCUT2D eigenvalue weighted by atomic mass is 35.5. The van der Waals surface area contributed by atoms with E-state index >= 15 is 0 Å². The number of ether oxygens (including phenoxy) is 1. The minimum atomic E-state index is -0.537. The summed E-state index contributed by atoms with van der Waals surface area (Å²) in [7, 11) is 0. The number of aromatic nitrogens is 1. The third-order valence-corrected chi connectivity index (χ3v) is 5.43. The van der Waals surface area contributed by atoms with Gasteiger partial charge in [-0.05, 0) is 48.4 Å². The molecule has 23 heavy (non-hydrogen) atoms. The molecule has 5 heteroatoms. The molecule has 4 nitrogen and oxygen atoms in total. The zero-order chi connectivity index (χ0) is 16.2. The Hall–Kier alpha value is -1.52. The standard InChI is InChI=1S/C18H21ClN2O2/c1-10(2)14-5-16-12(4-15(14)19)3-13(21-16)8-20-17(22)18-6-11(7-18)9-23-18/h3-5,10-11,21H,6-9H2,1-2H3,(H,20,22). The molecule has 2 bridgehead atoms. The summed E-state index contributed by atoms with van der Waals surface area (Å²) in [6.45, 7) is 5.47. The van der Waals surface area contributed by atoms with Gasteiger partial charge in [0.25, 0.3) is 5.91 Å². The van der Waals surface area contributed by atoms with Crippen molar-refractivity contribution in [1.29, 1.82) is 0 Å². The van der Waals surface area contributed by atoms with E-state index in [1.807, 2.05) is 12.1 Å². The fourth-order valence-electron chi connectivity index (χ4n) is 3.74. The van der Waals surface area contributed by atoms with Crippen LogP contribution in [-0.2, 0) is 16.1 Å². The van der Waals surface area contributed by atoms with Gasteiger partial charge in [-0.2, -0.15) is 0 Å². The molecule has 2 aliphatic heterocycles. The average Bonchev–Trinajstić information content (AvgIpc) is 3.16. The summed E-state index contributed by atoms with van der Waals surface area (Å²) in [6.07, 6.45) is 1.75. The molecule has 2 aromatic rings. The Morgan fingerprint density at radius 3 is 2.87 bits per heavy atom. The number of hydrogen-bond acceptors (Lipinski definition) is 2. The van der Waals surface area contributed by atoms with E-state index in [-0.39, 0.29) is 5.91 Å². The number of aromatic amines is 1. The number of amides is 1. The van der Waals surface area contributed by atoms with Gasteiger partial charge in [0.05, 0.1) is 13.2 Å². The van der Waals surface area contributed by atoms with Crippen LogP contribution in [0.15, 0.2) is 18.2 Å². The van der Waals surface area contributed by atoms with Crippen LogP contribution < -0.4 is 5.32 Å². The lowest BCUT2D eigenvalue weighted by molar-refractivity contribution is -0.143. The maximum Gasteiger partial charge on any atom is 0.252 e.